The first-order valence-corrected chi connectivity index (χ1v) is 8.30. The molecule has 0 spiro atoms. The van der Waals surface area contributed by atoms with E-state index in [0.29, 0.717) is 0 Å². The van der Waals surface area contributed by atoms with E-state index in [4.69, 9.17) is 15.2 Å². The topological polar surface area (TPSA) is 44.5 Å². The van der Waals surface area contributed by atoms with Gasteiger partial charge in [0.25, 0.3) is 0 Å². The van der Waals surface area contributed by atoms with E-state index in [9.17, 15) is 0 Å². The van der Waals surface area contributed by atoms with Crippen LogP contribution in [0.5, 0.6) is 5.75 Å². The van der Waals surface area contributed by atoms with Crippen LogP contribution in [0.15, 0.2) is 18.2 Å². The maximum Gasteiger partial charge on any atom is 0.122 e. The van der Waals surface area contributed by atoms with Crippen LogP contribution in [-0.4, -0.2) is 25.9 Å². The highest BCUT2D eigenvalue weighted by molar-refractivity contribution is 5.85. The van der Waals surface area contributed by atoms with Crippen molar-refractivity contribution < 1.29 is 9.47 Å². The van der Waals surface area contributed by atoms with Gasteiger partial charge in [0.2, 0.25) is 0 Å². The molecule has 126 valence electrons. The van der Waals surface area contributed by atoms with Crippen LogP contribution >= 0.6 is 12.4 Å². The van der Waals surface area contributed by atoms with Crippen LogP contribution in [0.3, 0.4) is 0 Å². The van der Waals surface area contributed by atoms with E-state index >= 15 is 0 Å². The van der Waals surface area contributed by atoms with Gasteiger partial charge in [0.1, 0.15) is 5.75 Å². The molecule has 0 amide bonds. The van der Waals surface area contributed by atoms with Gasteiger partial charge in [-0.3, -0.25) is 0 Å². The number of nitrogens with two attached hydrogens (primary N) is 1. The van der Waals surface area contributed by atoms with Crippen LogP contribution in [0.25, 0.3) is 0 Å². The number of hydrogen-bond acceptors (Lipinski definition) is 3. The van der Waals surface area contributed by atoms with Gasteiger partial charge < -0.3 is 15.2 Å². The van der Waals surface area contributed by atoms with Gasteiger partial charge in [0.05, 0.1) is 13.2 Å². The molecule has 3 nitrogen and oxygen atoms in total. The lowest BCUT2D eigenvalue weighted by Crippen LogP contribution is -2.22. The van der Waals surface area contributed by atoms with Crippen molar-refractivity contribution >= 4 is 12.4 Å². The van der Waals surface area contributed by atoms with E-state index in [1.807, 2.05) is 6.92 Å². The van der Waals surface area contributed by atoms with Gasteiger partial charge in [-0.2, -0.15) is 0 Å². The minimum absolute atomic E-state index is 0. The van der Waals surface area contributed by atoms with Crippen LogP contribution in [0.4, 0.5) is 0 Å². The molecule has 22 heavy (non-hydrogen) atoms. The Morgan fingerprint density at radius 2 is 2.05 bits per heavy atom. The SMILES string of the molecule is CCOCCc1ccc(OCC2CC2)c(CC(N)CC)c1.Cl. The zero-order chi connectivity index (χ0) is 15.1. The zero-order valence-electron chi connectivity index (χ0n) is 13.8. The van der Waals surface area contributed by atoms with Gasteiger partial charge >= 0.3 is 0 Å². The van der Waals surface area contributed by atoms with Gasteiger partial charge in [-0.15, -0.1) is 12.4 Å². The fourth-order valence-electron chi connectivity index (χ4n) is 2.34. The van der Waals surface area contributed by atoms with Crippen molar-refractivity contribution in [1.82, 2.24) is 0 Å². The van der Waals surface area contributed by atoms with Crippen LogP contribution in [0.1, 0.15) is 44.2 Å². The third kappa shape index (κ3) is 6.55. The molecule has 1 saturated carbocycles. The van der Waals surface area contributed by atoms with Crippen LogP contribution in [0, 0.1) is 5.92 Å². The second-order valence-corrected chi connectivity index (χ2v) is 6.02. The quantitative estimate of drug-likeness (QED) is 0.665. The Bertz CT molecular complexity index is 435. The van der Waals surface area contributed by atoms with Gasteiger partial charge in [0, 0.05) is 12.6 Å². The summed E-state index contributed by atoms with van der Waals surface area (Å²) >= 11 is 0. The summed E-state index contributed by atoms with van der Waals surface area (Å²) in [6.07, 6.45) is 5.46. The first-order valence-electron chi connectivity index (χ1n) is 8.30. The molecule has 1 fully saturated rings. The van der Waals surface area contributed by atoms with Crippen LogP contribution < -0.4 is 10.5 Å². The largest absolute Gasteiger partial charge is 0.493 e. The molecule has 1 aromatic rings. The van der Waals surface area contributed by atoms with E-state index in [1.165, 1.54) is 24.0 Å². The molecule has 0 heterocycles. The molecule has 0 radical (unpaired) electrons. The number of ether oxygens (including phenoxy) is 2. The molecule has 1 unspecified atom stereocenters. The molecule has 0 saturated heterocycles. The number of hydrogen-bond donors (Lipinski definition) is 1. The highest BCUT2D eigenvalue weighted by atomic mass is 35.5. The molecule has 1 aliphatic carbocycles. The second kappa shape index (κ2) is 10.1. The van der Waals surface area contributed by atoms with Crippen molar-refractivity contribution in [3.8, 4) is 5.75 Å². The monoisotopic (exact) mass is 327 g/mol. The Hall–Kier alpha value is -0.770. The molecule has 1 atom stereocenters. The molecule has 2 N–H and O–H groups in total. The van der Waals surface area contributed by atoms with E-state index in [1.54, 1.807) is 0 Å². The first kappa shape index (κ1) is 19.3. The highest BCUT2D eigenvalue weighted by Gasteiger charge is 2.22. The van der Waals surface area contributed by atoms with Crippen molar-refractivity contribution in [3.05, 3.63) is 29.3 Å². The van der Waals surface area contributed by atoms with E-state index in [-0.39, 0.29) is 18.4 Å². The molecule has 4 heteroatoms. The Balaban J connectivity index is 0.00000242. The average molecular weight is 328 g/mol. The average Bonchev–Trinajstić information content (AvgIpc) is 3.31. The summed E-state index contributed by atoms with van der Waals surface area (Å²) in [7, 11) is 0. The van der Waals surface area contributed by atoms with Gasteiger partial charge in [0.15, 0.2) is 0 Å². The zero-order valence-corrected chi connectivity index (χ0v) is 14.7. The molecule has 0 aromatic heterocycles. The maximum absolute atomic E-state index is 6.13. The minimum atomic E-state index is 0. The van der Waals surface area contributed by atoms with Crippen LogP contribution in [0.2, 0.25) is 0 Å². The molecule has 1 aliphatic rings. The summed E-state index contributed by atoms with van der Waals surface area (Å²) in [5.74, 6) is 1.79. The Kier molecular flexibility index (Phi) is 8.84. The van der Waals surface area contributed by atoms with Gasteiger partial charge in [-0.1, -0.05) is 19.1 Å². The van der Waals surface area contributed by atoms with E-state index in [2.05, 4.69) is 25.1 Å². The van der Waals surface area contributed by atoms with Gasteiger partial charge in [-0.25, -0.2) is 0 Å². The standard InChI is InChI=1S/C18H29NO2.ClH/c1-3-17(19)12-16-11-14(9-10-20-4-2)7-8-18(16)21-13-15-5-6-15;/h7-8,11,15,17H,3-6,9-10,12-13,19H2,1-2H3;1H. The lowest BCUT2D eigenvalue weighted by molar-refractivity contribution is 0.151. The summed E-state index contributed by atoms with van der Waals surface area (Å²) < 4.78 is 11.4. The molecule has 0 aliphatic heterocycles. The van der Waals surface area contributed by atoms with E-state index < -0.39 is 0 Å². The number of halogens is 1. The predicted molar refractivity (Wildman–Crippen MR) is 94.1 cm³/mol. The third-order valence-corrected chi connectivity index (χ3v) is 4.04. The van der Waals surface area contributed by atoms with Crippen molar-refractivity contribution in [3.63, 3.8) is 0 Å². The third-order valence-electron chi connectivity index (χ3n) is 4.04. The lowest BCUT2D eigenvalue weighted by Gasteiger charge is -2.16. The molecule has 0 bridgehead atoms. The molecule has 2 rings (SSSR count). The van der Waals surface area contributed by atoms with Crippen molar-refractivity contribution in [1.29, 1.82) is 0 Å². The molecular weight excluding hydrogens is 298 g/mol. The smallest absolute Gasteiger partial charge is 0.122 e. The minimum Gasteiger partial charge on any atom is -0.493 e. The summed E-state index contributed by atoms with van der Waals surface area (Å²) in [5.41, 5.74) is 8.69. The number of benzene rings is 1. The maximum atomic E-state index is 6.13. The van der Waals surface area contributed by atoms with Crippen LogP contribution in [-0.2, 0) is 17.6 Å². The normalized spacial score (nSPS) is 15.2. The summed E-state index contributed by atoms with van der Waals surface area (Å²) in [4.78, 5) is 0. The lowest BCUT2D eigenvalue weighted by atomic mass is 10.0. The van der Waals surface area contributed by atoms with Crippen molar-refractivity contribution in [2.45, 2.75) is 52.0 Å². The summed E-state index contributed by atoms with van der Waals surface area (Å²) in [6, 6.07) is 6.72. The molecule has 1 aromatic carbocycles. The Morgan fingerprint density at radius 3 is 2.68 bits per heavy atom. The van der Waals surface area contributed by atoms with Crippen molar-refractivity contribution in [2.75, 3.05) is 19.8 Å². The van der Waals surface area contributed by atoms with E-state index in [0.717, 1.165) is 50.8 Å². The Labute approximate surface area is 141 Å². The fourth-order valence-corrected chi connectivity index (χ4v) is 2.34. The predicted octanol–water partition coefficient (Wildman–Crippen LogP) is 3.76. The Morgan fingerprint density at radius 1 is 1.27 bits per heavy atom. The summed E-state index contributed by atoms with van der Waals surface area (Å²) in [5, 5.41) is 0. The van der Waals surface area contributed by atoms with Gasteiger partial charge in [-0.05, 0) is 62.1 Å². The second-order valence-electron chi connectivity index (χ2n) is 6.02. The highest BCUT2D eigenvalue weighted by Crippen LogP contribution is 2.31. The van der Waals surface area contributed by atoms with Crippen molar-refractivity contribution in [2.24, 2.45) is 11.7 Å². The molecular formula is C18H30ClNO2. The summed E-state index contributed by atoms with van der Waals surface area (Å²) in [6.45, 7) is 6.57. The first-order chi connectivity index (χ1) is 10.2. The number of rotatable bonds is 10. The fraction of sp³-hybridized carbons (Fsp3) is 0.667.